The maximum Gasteiger partial charge on any atom is 0.00181 e. The predicted molar refractivity (Wildman–Crippen MR) is 79.6 cm³/mol. The minimum atomic E-state index is 0.501. The average molecular weight is 264 g/mol. The first-order chi connectivity index (χ1) is 7.08. The lowest BCUT2D eigenvalue weighted by atomic mass is 10.4. The van der Waals surface area contributed by atoms with Gasteiger partial charge >= 0.3 is 0 Å². The van der Waals surface area contributed by atoms with Crippen LogP contribution in [0.1, 0.15) is 77.8 Å². The summed E-state index contributed by atoms with van der Waals surface area (Å²) in [6.07, 6.45) is 4.28. The average Bonchev–Trinajstić information content (AvgIpc) is 3.00. The minimum Gasteiger partial charge on any atom is -0.0728 e. The molecule has 1 aromatic heterocycles. The topological polar surface area (TPSA) is 0 Å². The molecule has 0 N–H and O–H groups in total. The molecular formula is C12H27P3. The lowest BCUT2D eigenvalue weighted by Gasteiger charge is -2.04. The van der Waals surface area contributed by atoms with Gasteiger partial charge in [-0.3, -0.25) is 0 Å². The minimum absolute atomic E-state index is 0.501. The van der Waals surface area contributed by atoms with Gasteiger partial charge in [0, 0.05) is 17.0 Å². The molecule has 0 bridgehead atoms. The van der Waals surface area contributed by atoms with E-state index in [4.69, 9.17) is 0 Å². The first kappa shape index (κ1) is 14.0. The Morgan fingerprint density at radius 3 is 0.933 bits per heavy atom. The molecule has 3 unspecified atom stereocenters. The molecular weight excluding hydrogens is 237 g/mol. The van der Waals surface area contributed by atoms with Crippen LogP contribution in [0, 0.1) is 0 Å². The largest absolute Gasteiger partial charge is 0.0728 e. The summed E-state index contributed by atoms with van der Waals surface area (Å²) >= 11 is 0. The fourth-order valence-electron chi connectivity index (χ4n) is 1.86. The number of hydrogen-bond donors (Lipinski definition) is 0. The van der Waals surface area contributed by atoms with Crippen LogP contribution in [-0.2, 0) is 0 Å². The Bertz CT molecular complexity index is 225. The van der Waals surface area contributed by atoms with Crippen LogP contribution in [0.3, 0.4) is 0 Å². The zero-order chi connectivity index (χ0) is 11.6. The molecule has 0 amide bonds. The van der Waals surface area contributed by atoms with E-state index >= 15 is 0 Å². The summed E-state index contributed by atoms with van der Waals surface area (Å²) in [5.74, 6) is 0. The summed E-state index contributed by atoms with van der Waals surface area (Å²) in [4.78, 5) is 0. The van der Waals surface area contributed by atoms with Gasteiger partial charge < -0.3 is 0 Å². The Balaban J connectivity index is 2.85. The van der Waals surface area contributed by atoms with Crippen molar-refractivity contribution in [2.45, 2.75) is 77.8 Å². The molecule has 0 spiro atoms. The maximum atomic E-state index is 2.52. The van der Waals surface area contributed by atoms with E-state index in [-0.39, 0.29) is 0 Å². The van der Waals surface area contributed by atoms with Gasteiger partial charge in [0.1, 0.15) is 0 Å². The standard InChI is InChI=1S/C12H27P3/c1-7-10(4)13-14(11(5)8-2)15(13)12(6)9-3/h10-12H,7-9H2,1-6H3. The Labute approximate surface area is 98.7 Å². The molecule has 0 aliphatic rings. The molecule has 0 nitrogen and oxygen atoms in total. The lowest BCUT2D eigenvalue weighted by Crippen LogP contribution is -1.73. The van der Waals surface area contributed by atoms with E-state index in [1.807, 2.05) is 0 Å². The summed E-state index contributed by atoms with van der Waals surface area (Å²) in [7, 11) is 0. The molecule has 0 saturated heterocycles. The highest BCUT2D eigenvalue weighted by atomic mass is 32.7. The number of hydrogen-bond acceptors (Lipinski definition) is 0. The van der Waals surface area contributed by atoms with Crippen LogP contribution in [-0.4, -0.2) is 0 Å². The van der Waals surface area contributed by atoms with Crippen LogP contribution in [0.2, 0.25) is 0 Å². The Morgan fingerprint density at radius 2 is 0.800 bits per heavy atom. The van der Waals surface area contributed by atoms with E-state index in [0.29, 0.717) is 20.7 Å². The van der Waals surface area contributed by atoms with Crippen LogP contribution < -0.4 is 0 Å². The monoisotopic (exact) mass is 264 g/mol. The second-order valence-corrected chi connectivity index (χ2v) is 19.9. The summed E-state index contributed by atoms with van der Waals surface area (Å²) in [5, 5.41) is 0. The summed E-state index contributed by atoms with van der Waals surface area (Å²) in [5.41, 5.74) is 3.21. The van der Waals surface area contributed by atoms with E-state index in [1.165, 1.54) is 19.3 Å². The van der Waals surface area contributed by atoms with Gasteiger partial charge in [-0.1, -0.05) is 62.2 Å². The van der Waals surface area contributed by atoms with Gasteiger partial charge in [-0.05, 0) is 19.3 Å². The molecule has 3 heteroatoms. The molecule has 0 aliphatic carbocycles. The van der Waals surface area contributed by atoms with E-state index in [2.05, 4.69) is 41.5 Å². The molecule has 0 saturated carbocycles. The molecule has 0 radical (unpaired) electrons. The molecule has 0 aliphatic heterocycles. The zero-order valence-electron chi connectivity index (χ0n) is 11.2. The molecule has 0 fully saturated rings. The smallest absolute Gasteiger partial charge is 0.00181 e. The third-order valence-electron chi connectivity index (χ3n) is 3.55. The zero-order valence-corrected chi connectivity index (χ0v) is 13.9. The van der Waals surface area contributed by atoms with Crippen molar-refractivity contribution in [3.8, 4) is 0 Å². The Kier molecular flexibility index (Phi) is 5.59. The molecule has 3 atom stereocenters. The summed E-state index contributed by atoms with van der Waals surface area (Å²) < 4.78 is 0. The first-order valence-electron chi connectivity index (χ1n) is 6.45. The molecule has 1 heterocycles. The second kappa shape index (κ2) is 6.00. The van der Waals surface area contributed by atoms with Gasteiger partial charge in [-0.25, -0.2) is 0 Å². The van der Waals surface area contributed by atoms with Crippen LogP contribution in [0.5, 0.6) is 0 Å². The third-order valence-corrected chi connectivity index (χ3v) is 26.1. The van der Waals surface area contributed by atoms with E-state index < -0.39 is 0 Å². The van der Waals surface area contributed by atoms with Crippen molar-refractivity contribution in [1.82, 2.24) is 0 Å². The second-order valence-electron chi connectivity index (χ2n) is 4.73. The van der Waals surface area contributed by atoms with Crippen LogP contribution >= 0.6 is 20.7 Å². The fourth-order valence-corrected chi connectivity index (χ4v) is 32.9. The van der Waals surface area contributed by atoms with Crippen molar-refractivity contribution >= 4 is 20.7 Å². The van der Waals surface area contributed by atoms with E-state index in [1.54, 1.807) is 0 Å². The summed E-state index contributed by atoms with van der Waals surface area (Å²) in [6, 6.07) is 0. The van der Waals surface area contributed by atoms with Gasteiger partial charge in [0.25, 0.3) is 0 Å². The lowest BCUT2D eigenvalue weighted by molar-refractivity contribution is 0.844. The quantitative estimate of drug-likeness (QED) is 0.497. The molecule has 15 heavy (non-hydrogen) atoms. The Hall–Kier alpha value is 0.900. The van der Waals surface area contributed by atoms with Crippen molar-refractivity contribution in [1.29, 1.82) is 0 Å². The van der Waals surface area contributed by atoms with Crippen molar-refractivity contribution in [3.63, 3.8) is 0 Å². The maximum absolute atomic E-state index is 2.52. The van der Waals surface area contributed by atoms with Gasteiger partial charge in [0.15, 0.2) is 0 Å². The fraction of sp³-hybridized carbons (Fsp3) is 1.00. The van der Waals surface area contributed by atoms with Crippen LogP contribution in [0.4, 0.5) is 0 Å². The SMILES string of the molecule is CCC(C)p1p(C(C)CC)p1C(C)CC. The van der Waals surface area contributed by atoms with Crippen LogP contribution in [0.15, 0.2) is 0 Å². The predicted octanol–water partition coefficient (Wildman–Crippen LogP) is 7.56. The summed E-state index contributed by atoms with van der Waals surface area (Å²) in [6.45, 7) is 16.2. The van der Waals surface area contributed by atoms with Gasteiger partial charge in [-0.2, -0.15) is 0 Å². The van der Waals surface area contributed by atoms with Gasteiger partial charge in [0.2, 0.25) is 0 Å². The first-order valence-corrected chi connectivity index (χ1v) is 12.8. The highest BCUT2D eigenvalue weighted by Crippen LogP contribution is 2.98. The highest BCUT2D eigenvalue weighted by molar-refractivity contribution is 8.73. The van der Waals surface area contributed by atoms with Crippen molar-refractivity contribution < 1.29 is 0 Å². The highest BCUT2D eigenvalue weighted by Gasteiger charge is 2.31. The van der Waals surface area contributed by atoms with Crippen molar-refractivity contribution in [3.05, 3.63) is 0 Å². The third kappa shape index (κ3) is 2.97. The van der Waals surface area contributed by atoms with Gasteiger partial charge in [-0.15, -0.1) is 0 Å². The normalized spacial score (nSPS) is 21.6. The molecule has 90 valence electrons. The molecule has 1 aromatic rings. The molecule has 1 rings (SSSR count). The molecule has 0 aromatic carbocycles. The van der Waals surface area contributed by atoms with Crippen LogP contribution in [0.25, 0.3) is 0 Å². The van der Waals surface area contributed by atoms with E-state index in [0.717, 1.165) is 17.0 Å². The van der Waals surface area contributed by atoms with Crippen molar-refractivity contribution in [2.75, 3.05) is 0 Å². The van der Waals surface area contributed by atoms with E-state index in [9.17, 15) is 0 Å². The number of rotatable bonds is 6. The van der Waals surface area contributed by atoms with Crippen molar-refractivity contribution in [2.24, 2.45) is 0 Å². The van der Waals surface area contributed by atoms with Gasteiger partial charge in [0.05, 0.1) is 0 Å². The Morgan fingerprint density at radius 1 is 0.600 bits per heavy atom.